The fraction of sp³-hybridized carbons (Fsp3) is 0.754. The lowest BCUT2D eigenvalue weighted by atomic mass is 10.0. The Hall–Kier alpha value is -3.46. The number of amides is 2. The van der Waals surface area contributed by atoms with E-state index in [4.69, 9.17) is 14.9 Å². The number of nitrogens with one attached hydrogen (secondary N) is 2. The third-order valence-corrected chi connectivity index (χ3v) is 12.0. The van der Waals surface area contributed by atoms with Gasteiger partial charge in [0.15, 0.2) is 0 Å². The van der Waals surface area contributed by atoms with Gasteiger partial charge in [-0.2, -0.15) is 0 Å². The molecule has 2 amide bonds. The fourth-order valence-electron chi connectivity index (χ4n) is 7.88. The summed E-state index contributed by atoms with van der Waals surface area (Å²) < 4.78 is 6.06. The fourth-order valence-corrected chi connectivity index (χ4v) is 7.88. The first-order valence-electron chi connectivity index (χ1n) is 27.2. The van der Waals surface area contributed by atoms with Crippen molar-refractivity contribution in [1.29, 1.82) is 0 Å². The zero-order valence-electron chi connectivity index (χ0n) is 42.4. The number of ether oxygens (including phenoxy) is 1. The maximum Gasteiger partial charge on any atom is 0.328 e. The molecule has 9 heteroatoms. The molecule has 0 saturated heterocycles. The van der Waals surface area contributed by atoms with Crippen molar-refractivity contribution in [1.82, 2.24) is 10.6 Å². The summed E-state index contributed by atoms with van der Waals surface area (Å²) in [5.41, 5.74) is 0. The van der Waals surface area contributed by atoms with E-state index in [1.54, 1.807) is 0 Å². The summed E-state index contributed by atoms with van der Waals surface area (Å²) in [5.74, 6) is -2.32. The lowest BCUT2D eigenvalue weighted by molar-refractivity contribution is -0.150. The van der Waals surface area contributed by atoms with E-state index in [0.29, 0.717) is 12.8 Å². The van der Waals surface area contributed by atoms with Crippen molar-refractivity contribution in [2.24, 2.45) is 0 Å². The van der Waals surface area contributed by atoms with Gasteiger partial charge >= 0.3 is 11.9 Å². The maximum atomic E-state index is 12.9. The van der Waals surface area contributed by atoms with Crippen molar-refractivity contribution >= 4 is 23.8 Å². The van der Waals surface area contributed by atoms with Crippen molar-refractivity contribution in [3.63, 3.8) is 0 Å². The molecule has 0 bridgehead atoms. The number of carbonyl (C=O) groups excluding carboxylic acids is 3. The Morgan fingerprint density at radius 2 is 0.864 bits per heavy atom. The van der Waals surface area contributed by atoms with E-state index in [0.717, 1.165) is 96.3 Å². The molecule has 4 N–H and O–H groups in total. The normalized spacial score (nSPS) is 12.9. The van der Waals surface area contributed by atoms with Gasteiger partial charge in [0.25, 0.3) is 0 Å². The van der Waals surface area contributed by atoms with Gasteiger partial charge < -0.3 is 25.6 Å². The number of aliphatic hydroxyl groups excluding tert-OH is 1. The van der Waals surface area contributed by atoms with Gasteiger partial charge in [-0.25, -0.2) is 4.79 Å². The minimum absolute atomic E-state index is 0.0561. The molecule has 0 aliphatic heterocycles. The van der Waals surface area contributed by atoms with Crippen LogP contribution in [0.3, 0.4) is 0 Å². The Morgan fingerprint density at radius 1 is 0.470 bits per heavy atom. The van der Waals surface area contributed by atoms with E-state index in [-0.39, 0.29) is 30.9 Å². The predicted octanol–water partition coefficient (Wildman–Crippen LogP) is 14.8. The summed E-state index contributed by atoms with van der Waals surface area (Å²) in [7, 11) is 0. The lowest BCUT2D eigenvalue weighted by Crippen LogP contribution is -2.47. The monoisotopic (exact) mass is 925 g/mol. The molecule has 0 radical (unpaired) electrons. The Kier molecular flexibility index (Phi) is 48.3. The van der Waals surface area contributed by atoms with Crippen molar-refractivity contribution in [2.45, 2.75) is 264 Å². The largest absolute Gasteiger partial charge is 0.480 e. The van der Waals surface area contributed by atoms with Gasteiger partial charge in [0.2, 0.25) is 11.8 Å². The highest BCUT2D eigenvalue weighted by Gasteiger charge is 2.19. The van der Waals surface area contributed by atoms with E-state index in [1.807, 2.05) is 0 Å². The molecule has 0 aromatic carbocycles. The molecule has 0 heterocycles. The molecule has 0 fully saturated rings. The molecule has 2 atom stereocenters. The number of hydrogen-bond acceptors (Lipinski definition) is 6. The van der Waals surface area contributed by atoms with E-state index in [1.165, 1.54) is 122 Å². The van der Waals surface area contributed by atoms with Crippen LogP contribution >= 0.6 is 0 Å². The molecule has 0 saturated carbocycles. The lowest BCUT2D eigenvalue weighted by Gasteiger charge is -2.18. The molecule has 0 aromatic rings. The summed E-state index contributed by atoms with van der Waals surface area (Å²) in [6, 6.07) is -1.39. The van der Waals surface area contributed by atoms with Crippen molar-refractivity contribution in [3.8, 4) is 0 Å². The summed E-state index contributed by atoms with van der Waals surface area (Å²) in [6.07, 6.45) is 64.1. The van der Waals surface area contributed by atoms with Crippen LogP contribution in [0.5, 0.6) is 0 Å². The van der Waals surface area contributed by atoms with Gasteiger partial charge in [0.05, 0.1) is 13.2 Å². The highest BCUT2D eigenvalue weighted by Crippen LogP contribution is 2.19. The van der Waals surface area contributed by atoms with Crippen LogP contribution < -0.4 is 10.6 Å². The third-order valence-electron chi connectivity index (χ3n) is 12.0. The first-order chi connectivity index (χ1) is 32.3. The molecular weight excluding hydrogens is 825 g/mol. The topological polar surface area (TPSA) is 142 Å². The van der Waals surface area contributed by atoms with Gasteiger partial charge in [0.1, 0.15) is 12.1 Å². The minimum atomic E-state index is -1.39. The van der Waals surface area contributed by atoms with E-state index in [9.17, 15) is 19.2 Å². The van der Waals surface area contributed by atoms with Crippen LogP contribution in [0.1, 0.15) is 251 Å². The second-order valence-electron chi connectivity index (χ2n) is 18.3. The molecule has 0 aliphatic carbocycles. The average Bonchev–Trinajstić information content (AvgIpc) is 3.30. The van der Waals surface area contributed by atoms with Crippen molar-refractivity contribution < 1.29 is 34.1 Å². The number of unbranched alkanes of at least 4 members (excludes halogenated alkanes) is 25. The molecule has 0 spiro atoms. The van der Waals surface area contributed by atoms with Crippen LogP contribution in [-0.4, -0.2) is 59.3 Å². The van der Waals surface area contributed by atoms with E-state index in [2.05, 4.69) is 85.2 Å². The van der Waals surface area contributed by atoms with Crippen LogP contribution in [0.25, 0.3) is 0 Å². The number of carboxylic acid groups (broad SMARTS) is 1. The van der Waals surface area contributed by atoms with Crippen molar-refractivity contribution in [2.75, 3.05) is 13.2 Å². The second kappa shape index (κ2) is 50.9. The van der Waals surface area contributed by atoms with Crippen LogP contribution in [0, 0.1) is 0 Å². The highest BCUT2D eigenvalue weighted by atomic mass is 16.5. The number of aliphatic hydroxyl groups is 1. The summed E-state index contributed by atoms with van der Waals surface area (Å²) in [5, 5.41) is 22.6. The standard InChI is InChI=1S/C57H100N2O7/c1-3-5-7-9-11-13-15-17-19-20-21-22-23-24-25-26-28-30-32-34-36-41-45-49-56(63)66-52(46-42-38-35-33-31-29-27-18-16-14-12-10-8-6-4-2)47-43-39-37-40-44-48-54(61)58-50-55(62)59-53(51-60)57(64)65/h6,8,12,14,18,20-21,27,31,33,52-53,60H,3-5,7,9-11,13,15-17,19,22-26,28-30,32,34-51H2,1-2H3,(H,58,61)(H,59,62)(H,64,65)/b8-6-,14-12-,21-20-,27-18-,33-31-. The number of carbonyl (C=O) groups is 4. The number of rotatable bonds is 49. The maximum absolute atomic E-state index is 12.9. The van der Waals surface area contributed by atoms with Crippen LogP contribution in [0.2, 0.25) is 0 Å². The van der Waals surface area contributed by atoms with Gasteiger partial charge in [-0.3, -0.25) is 14.4 Å². The number of carboxylic acids is 1. The zero-order chi connectivity index (χ0) is 48.2. The molecular formula is C57H100N2O7. The SMILES string of the molecule is CC/C=C\C/C=C\C/C=C\C/C=C\CCCCC(CCCCCCCC(=O)NCC(=O)NC(CO)C(=O)O)OC(=O)CCCCCCCCCCCCC/C=C\CCCCCCCCCC. The van der Waals surface area contributed by atoms with Gasteiger partial charge in [-0.1, -0.05) is 197 Å². The number of aliphatic carboxylic acids is 1. The Balaban J connectivity index is 4.30. The number of esters is 1. The summed E-state index contributed by atoms with van der Waals surface area (Å²) in [4.78, 5) is 47.9. The minimum Gasteiger partial charge on any atom is -0.480 e. The Bertz CT molecular complexity index is 1290. The van der Waals surface area contributed by atoms with Gasteiger partial charge in [0, 0.05) is 12.8 Å². The molecule has 2 unspecified atom stereocenters. The smallest absolute Gasteiger partial charge is 0.328 e. The summed E-state index contributed by atoms with van der Waals surface area (Å²) in [6.45, 7) is 3.38. The molecule has 380 valence electrons. The number of hydrogen-bond donors (Lipinski definition) is 4. The highest BCUT2D eigenvalue weighted by molar-refractivity contribution is 5.87. The average molecular weight is 925 g/mol. The number of allylic oxidation sites excluding steroid dienone is 10. The Labute approximate surface area is 404 Å². The van der Waals surface area contributed by atoms with Crippen molar-refractivity contribution in [3.05, 3.63) is 60.8 Å². The predicted molar refractivity (Wildman–Crippen MR) is 277 cm³/mol. The first kappa shape index (κ1) is 62.5. The quantitative estimate of drug-likeness (QED) is 0.0270. The van der Waals surface area contributed by atoms with E-state index >= 15 is 0 Å². The molecule has 0 rings (SSSR count). The van der Waals surface area contributed by atoms with Crippen LogP contribution in [0.4, 0.5) is 0 Å². The first-order valence-corrected chi connectivity index (χ1v) is 27.2. The third kappa shape index (κ3) is 47.0. The molecule has 0 aliphatic rings. The van der Waals surface area contributed by atoms with Crippen LogP contribution in [0.15, 0.2) is 60.8 Å². The van der Waals surface area contributed by atoms with Gasteiger partial charge in [-0.15, -0.1) is 0 Å². The Morgan fingerprint density at radius 3 is 1.35 bits per heavy atom. The second-order valence-corrected chi connectivity index (χ2v) is 18.3. The molecule has 66 heavy (non-hydrogen) atoms. The molecule has 9 nitrogen and oxygen atoms in total. The van der Waals surface area contributed by atoms with Crippen LogP contribution in [-0.2, 0) is 23.9 Å². The zero-order valence-corrected chi connectivity index (χ0v) is 42.4. The van der Waals surface area contributed by atoms with Gasteiger partial charge in [-0.05, 0) is 103 Å². The van der Waals surface area contributed by atoms with E-state index < -0.39 is 24.5 Å². The summed E-state index contributed by atoms with van der Waals surface area (Å²) >= 11 is 0. The molecule has 0 aromatic heterocycles.